The highest BCUT2D eigenvalue weighted by atomic mass is 32.2. The Balaban J connectivity index is 2.22. The average molecular weight is 341 g/mol. The molecule has 1 heterocycles. The lowest BCUT2D eigenvalue weighted by Crippen LogP contribution is -2.33. The Morgan fingerprint density at radius 3 is 2.71 bits per heavy atom. The van der Waals surface area contributed by atoms with Crippen molar-refractivity contribution in [1.82, 2.24) is 10.3 Å². The monoisotopic (exact) mass is 341 g/mol. The summed E-state index contributed by atoms with van der Waals surface area (Å²) < 4.78 is 0. The predicted octanol–water partition coefficient (Wildman–Crippen LogP) is 4.24. The van der Waals surface area contributed by atoms with Gasteiger partial charge in [-0.3, -0.25) is 4.79 Å². The lowest BCUT2D eigenvalue weighted by molar-refractivity contribution is -0.119. The summed E-state index contributed by atoms with van der Waals surface area (Å²) in [6, 6.07) is 10.3. The van der Waals surface area contributed by atoms with Crippen molar-refractivity contribution in [3.63, 3.8) is 0 Å². The maximum Gasteiger partial charge on any atom is 0.230 e. The first-order chi connectivity index (χ1) is 11.4. The van der Waals surface area contributed by atoms with E-state index in [1.165, 1.54) is 17.3 Å². The maximum absolute atomic E-state index is 11.9. The van der Waals surface area contributed by atoms with Gasteiger partial charge in [-0.15, -0.1) is 0 Å². The van der Waals surface area contributed by atoms with Crippen LogP contribution in [0.4, 0.5) is 0 Å². The minimum Gasteiger partial charge on any atom is -0.353 e. The van der Waals surface area contributed by atoms with Crippen LogP contribution in [0.2, 0.25) is 0 Å². The Morgan fingerprint density at radius 2 is 2.08 bits per heavy atom. The molecule has 0 radical (unpaired) electrons. The third kappa shape index (κ3) is 4.48. The van der Waals surface area contributed by atoms with Gasteiger partial charge in [-0.1, -0.05) is 38.6 Å². The summed E-state index contributed by atoms with van der Waals surface area (Å²) in [7, 11) is 0. The molecule has 0 saturated carbocycles. The van der Waals surface area contributed by atoms with E-state index in [1.807, 2.05) is 26.0 Å². The standard InChI is InChI=1S/C19H23N3OS/c1-5-13(4)21-18(23)11-24-19-16(10-20)9-15-8-14(12(2)3)6-7-17(15)22-19/h6-9,12-13H,5,11H2,1-4H3,(H,21,23)/t13-/m1/s1. The van der Waals surface area contributed by atoms with Crippen LogP contribution in [-0.4, -0.2) is 22.7 Å². The van der Waals surface area contributed by atoms with Crippen LogP contribution in [0.1, 0.15) is 51.2 Å². The SMILES string of the molecule is CC[C@@H](C)NC(=O)CSc1nc2ccc(C(C)C)cc2cc1C#N. The molecule has 0 spiro atoms. The van der Waals surface area contributed by atoms with E-state index in [4.69, 9.17) is 0 Å². The van der Waals surface area contributed by atoms with E-state index >= 15 is 0 Å². The first kappa shape index (κ1) is 18.3. The zero-order valence-corrected chi connectivity index (χ0v) is 15.4. The Morgan fingerprint density at radius 1 is 1.33 bits per heavy atom. The molecule has 0 unspecified atom stereocenters. The molecule has 24 heavy (non-hydrogen) atoms. The molecule has 4 nitrogen and oxygen atoms in total. The second-order valence-electron chi connectivity index (χ2n) is 6.23. The zero-order valence-electron chi connectivity index (χ0n) is 14.6. The molecule has 0 saturated heterocycles. The molecule has 1 aromatic carbocycles. The van der Waals surface area contributed by atoms with E-state index in [0.717, 1.165) is 17.3 Å². The molecule has 1 aromatic heterocycles. The van der Waals surface area contributed by atoms with Crippen LogP contribution in [0, 0.1) is 11.3 Å². The highest BCUT2D eigenvalue weighted by molar-refractivity contribution is 8.00. The van der Waals surface area contributed by atoms with Crippen molar-refractivity contribution in [1.29, 1.82) is 5.26 Å². The fourth-order valence-electron chi connectivity index (χ4n) is 2.28. The number of carbonyl (C=O) groups is 1. The van der Waals surface area contributed by atoms with Gasteiger partial charge in [-0.2, -0.15) is 5.26 Å². The van der Waals surface area contributed by atoms with Gasteiger partial charge < -0.3 is 5.32 Å². The van der Waals surface area contributed by atoms with Crippen molar-refractivity contribution in [3.05, 3.63) is 35.4 Å². The summed E-state index contributed by atoms with van der Waals surface area (Å²) in [5, 5.41) is 13.9. The number of nitriles is 1. The third-order valence-electron chi connectivity index (χ3n) is 3.95. The number of nitrogens with zero attached hydrogens (tertiary/aromatic N) is 2. The van der Waals surface area contributed by atoms with Gasteiger partial charge in [0.15, 0.2) is 0 Å². The summed E-state index contributed by atoms with van der Waals surface area (Å²) in [6.07, 6.45) is 0.895. The molecule has 0 fully saturated rings. The van der Waals surface area contributed by atoms with Gasteiger partial charge in [0.1, 0.15) is 11.1 Å². The average Bonchev–Trinajstić information content (AvgIpc) is 2.58. The summed E-state index contributed by atoms with van der Waals surface area (Å²) in [4.78, 5) is 16.5. The van der Waals surface area contributed by atoms with Gasteiger partial charge in [0.05, 0.1) is 16.8 Å². The second kappa shape index (κ2) is 8.16. The van der Waals surface area contributed by atoms with Crippen molar-refractivity contribution >= 4 is 28.6 Å². The molecule has 5 heteroatoms. The first-order valence-corrected chi connectivity index (χ1v) is 9.20. The van der Waals surface area contributed by atoms with Crippen LogP contribution in [-0.2, 0) is 4.79 Å². The van der Waals surface area contributed by atoms with Crippen molar-refractivity contribution in [2.75, 3.05) is 5.75 Å². The van der Waals surface area contributed by atoms with E-state index in [0.29, 0.717) is 16.5 Å². The Bertz CT molecular complexity index is 780. The van der Waals surface area contributed by atoms with Gasteiger partial charge in [0, 0.05) is 11.4 Å². The number of nitrogens with one attached hydrogen (secondary N) is 1. The van der Waals surface area contributed by atoms with Crippen LogP contribution in [0.15, 0.2) is 29.3 Å². The van der Waals surface area contributed by atoms with Gasteiger partial charge in [0.2, 0.25) is 5.91 Å². The van der Waals surface area contributed by atoms with Crippen molar-refractivity contribution < 1.29 is 4.79 Å². The minimum absolute atomic E-state index is 0.0321. The van der Waals surface area contributed by atoms with Crippen LogP contribution in [0.3, 0.4) is 0 Å². The highest BCUT2D eigenvalue weighted by Gasteiger charge is 2.12. The van der Waals surface area contributed by atoms with Crippen LogP contribution >= 0.6 is 11.8 Å². The number of thioether (sulfide) groups is 1. The van der Waals surface area contributed by atoms with Crippen molar-refractivity contribution in [3.8, 4) is 6.07 Å². The molecule has 0 aliphatic carbocycles. The molecular formula is C19H23N3OS. The number of rotatable bonds is 6. The van der Waals surface area contributed by atoms with Gasteiger partial charge in [-0.05, 0) is 43.0 Å². The normalized spacial score (nSPS) is 12.2. The fraction of sp³-hybridized carbons (Fsp3) is 0.421. The summed E-state index contributed by atoms with van der Waals surface area (Å²) >= 11 is 1.31. The summed E-state index contributed by atoms with van der Waals surface area (Å²) in [5.41, 5.74) is 2.59. The summed E-state index contributed by atoms with van der Waals surface area (Å²) in [5.74, 6) is 0.662. The van der Waals surface area contributed by atoms with Crippen molar-refractivity contribution in [2.24, 2.45) is 0 Å². The topological polar surface area (TPSA) is 65.8 Å². The maximum atomic E-state index is 11.9. The van der Waals surface area contributed by atoms with E-state index in [2.05, 4.69) is 42.4 Å². The molecule has 0 bridgehead atoms. The van der Waals surface area contributed by atoms with E-state index in [-0.39, 0.29) is 17.7 Å². The smallest absolute Gasteiger partial charge is 0.230 e. The number of benzene rings is 1. The predicted molar refractivity (Wildman–Crippen MR) is 99.2 cm³/mol. The van der Waals surface area contributed by atoms with Crippen LogP contribution in [0.5, 0.6) is 0 Å². The molecular weight excluding hydrogens is 318 g/mol. The largest absolute Gasteiger partial charge is 0.353 e. The molecule has 2 aromatic rings. The second-order valence-corrected chi connectivity index (χ2v) is 7.19. The Kier molecular flexibility index (Phi) is 6.22. The third-order valence-corrected chi connectivity index (χ3v) is 4.94. The lowest BCUT2D eigenvalue weighted by Gasteiger charge is -2.12. The van der Waals surface area contributed by atoms with Crippen LogP contribution in [0.25, 0.3) is 10.9 Å². The number of hydrogen-bond acceptors (Lipinski definition) is 4. The minimum atomic E-state index is -0.0321. The van der Waals surface area contributed by atoms with E-state index in [9.17, 15) is 10.1 Å². The van der Waals surface area contributed by atoms with Gasteiger partial charge >= 0.3 is 0 Å². The molecule has 1 N–H and O–H groups in total. The zero-order chi connectivity index (χ0) is 17.7. The number of fused-ring (bicyclic) bond motifs is 1. The van der Waals surface area contributed by atoms with Crippen LogP contribution < -0.4 is 5.32 Å². The van der Waals surface area contributed by atoms with Gasteiger partial charge in [0.25, 0.3) is 0 Å². The number of carbonyl (C=O) groups excluding carboxylic acids is 1. The van der Waals surface area contributed by atoms with E-state index in [1.54, 1.807) is 0 Å². The number of aromatic nitrogens is 1. The Hall–Kier alpha value is -2.06. The van der Waals surface area contributed by atoms with Gasteiger partial charge in [-0.25, -0.2) is 4.98 Å². The number of hydrogen-bond donors (Lipinski definition) is 1. The quantitative estimate of drug-likeness (QED) is 0.798. The number of amides is 1. The summed E-state index contributed by atoms with van der Waals surface area (Å²) in [6.45, 7) is 8.28. The molecule has 126 valence electrons. The number of pyridine rings is 1. The fourth-order valence-corrected chi connectivity index (χ4v) is 3.05. The molecule has 0 aliphatic rings. The molecule has 0 aliphatic heterocycles. The first-order valence-electron chi connectivity index (χ1n) is 8.21. The Labute approximate surface area is 147 Å². The molecule has 2 rings (SSSR count). The lowest BCUT2D eigenvalue weighted by atomic mass is 10.0. The molecule has 1 atom stereocenters. The highest BCUT2D eigenvalue weighted by Crippen LogP contribution is 2.26. The molecule has 1 amide bonds. The van der Waals surface area contributed by atoms with Crippen molar-refractivity contribution in [2.45, 2.75) is 51.1 Å². The van der Waals surface area contributed by atoms with E-state index < -0.39 is 0 Å².